The van der Waals surface area contributed by atoms with E-state index >= 15 is 0 Å². The first-order valence-corrected chi connectivity index (χ1v) is 7.12. The van der Waals surface area contributed by atoms with E-state index in [-0.39, 0.29) is 11.9 Å². The van der Waals surface area contributed by atoms with Crippen LogP contribution in [0.1, 0.15) is 38.2 Å². The fraction of sp³-hybridized carbons (Fsp3) is 0.500. The zero-order valence-corrected chi connectivity index (χ0v) is 12.9. The second-order valence-electron chi connectivity index (χ2n) is 4.92. The summed E-state index contributed by atoms with van der Waals surface area (Å²) in [5.41, 5.74) is 1.05. The lowest BCUT2D eigenvalue weighted by molar-refractivity contribution is -0.134. The molecular weight excluding hydrogens is 270 g/mol. The van der Waals surface area contributed by atoms with E-state index in [1.165, 1.54) is 6.92 Å². The Morgan fingerprint density at radius 3 is 2.57 bits per heavy atom. The normalized spacial score (nSPS) is 10.0. The van der Waals surface area contributed by atoms with Crippen molar-refractivity contribution >= 4 is 11.9 Å². The van der Waals surface area contributed by atoms with E-state index in [9.17, 15) is 9.59 Å². The highest BCUT2D eigenvalue weighted by Gasteiger charge is 2.09. The largest absolute Gasteiger partial charge is 0.493 e. The monoisotopic (exact) mass is 293 g/mol. The number of methoxy groups -OCH3 is 1. The van der Waals surface area contributed by atoms with Gasteiger partial charge < -0.3 is 14.8 Å². The molecule has 0 saturated carbocycles. The quantitative estimate of drug-likeness (QED) is 0.454. The number of hydrogen-bond acceptors (Lipinski definition) is 4. The molecule has 0 aromatic heterocycles. The summed E-state index contributed by atoms with van der Waals surface area (Å²) < 4.78 is 10.5. The summed E-state index contributed by atoms with van der Waals surface area (Å²) >= 11 is 0. The molecule has 0 radical (unpaired) electrons. The number of unbranched alkanes of at least 4 members (excludes halogenated alkanes) is 2. The first-order chi connectivity index (χ1) is 10.0. The summed E-state index contributed by atoms with van der Waals surface area (Å²) in [5, 5.41) is 2.72. The second kappa shape index (κ2) is 9.00. The molecule has 21 heavy (non-hydrogen) atoms. The number of carbonyl (C=O) groups excluding carboxylic acids is 2. The molecule has 5 nitrogen and oxygen atoms in total. The molecule has 1 N–H and O–H groups in total. The van der Waals surface area contributed by atoms with Gasteiger partial charge in [0.2, 0.25) is 5.91 Å². The number of nitrogens with one attached hydrogen (secondary N) is 1. The second-order valence-corrected chi connectivity index (χ2v) is 4.92. The first-order valence-electron chi connectivity index (χ1n) is 7.12. The van der Waals surface area contributed by atoms with Gasteiger partial charge >= 0.3 is 5.97 Å². The maximum Gasteiger partial charge on any atom is 0.311 e. The van der Waals surface area contributed by atoms with Crippen molar-refractivity contribution in [3.63, 3.8) is 0 Å². The van der Waals surface area contributed by atoms with Crippen molar-refractivity contribution in [2.24, 2.45) is 0 Å². The van der Waals surface area contributed by atoms with E-state index in [0.717, 1.165) is 24.8 Å². The van der Waals surface area contributed by atoms with Gasteiger partial charge in [0.15, 0.2) is 11.5 Å². The van der Waals surface area contributed by atoms with Gasteiger partial charge in [0, 0.05) is 19.9 Å². The molecule has 1 aromatic carbocycles. The molecule has 0 fully saturated rings. The third-order valence-electron chi connectivity index (χ3n) is 2.97. The smallest absolute Gasteiger partial charge is 0.311 e. The Balaban J connectivity index is 2.29. The molecule has 5 heteroatoms. The average Bonchev–Trinajstić information content (AvgIpc) is 2.44. The van der Waals surface area contributed by atoms with Crippen LogP contribution in [0.25, 0.3) is 0 Å². The maximum absolute atomic E-state index is 11.8. The first kappa shape index (κ1) is 17.0. The predicted molar refractivity (Wildman–Crippen MR) is 80.5 cm³/mol. The summed E-state index contributed by atoms with van der Waals surface area (Å²) in [6, 6.07) is 5.44. The summed E-state index contributed by atoms with van der Waals surface area (Å²) in [6.07, 6.45) is 2.84. The van der Waals surface area contributed by atoms with Crippen LogP contribution in [0, 0.1) is 6.92 Å². The van der Waals surface area contributed by atoms with E-state index < -0.39 is 0 Å². The summed E-state index contributed by atoms with van der Waals surface area (Å²) in [7, 11) is 1.55. The van der Waals surface area contributed by atoms with Gasteiger partial charge in [-0.05, 0) is 37.5 Å². The number of hydrogen-bond donors (Lipinski definition) is 1. The standard InChI is InChI=1S/C16H23NO4/c1-12-8-9-14(15(11-12)20-3)21-16(19)7-5-4-6-10-17-13(2)18/h8-9,11H,4-7,10H2,1-3H3,(H,17,18). The van der Waals surface area contributed by atoms with E-state index in [0.29, 0.717) is 24.5 Å². The number of aryl methyl sites for hydroxylation is 1. The van der Waals surface area contributed by atoms with Gasteiger partial charge in [0.1, 0.15) is 0 Å². The van der Waals surface area contributed by atoms with Gasteiger partial charge in [0.05, 0.1) is 7.11 Å². The van der Waals surface area contributed by atoms with E-state index in [1.54, 1.807) is 13.2 Å². The van der Waals surface area contributed by atoms with Gasteiger partial charge in [0.25, 0.3) is 0 Å². The SMILES string of the molecule is COc1cc(C)ccc1OC(=O)CCCCCNC(C)=O. The van der Waals surface area contributed by atoms with Crippen molar-refractivity contribution < 1.29 is 19.1 Å². The summed E-state index contributed by atoms with van der Waals surface area (Å²) in [5.74, 6) is 0.720. The lowest BCUT2D eigenvalue weighted by atomic mass is 10.2. The third kappa shape index (κ3) is 6.79. The Bertz CT molecular complexity index is 485. The van der Waals surface area contributed by atoms with Crippen molar-refractivity contribution in [1.29, 1.82) is 0 Å². The molecule has 0 saturated heterocycles. The number of carbonyl (C=O) groups is 2. The molecular formula is C16H23NO4. The molecule has 116 valence electrons. The minimum absolute atomic E-state index is 0.0270. The zero-order valence-electron chi connectivity index (χ0n) is 12.9. The lowest BCUT2D eigenvalue weighted by Crippen LogP contribution is -2.20. The van der Waals surface area contributed by atoms with Gasteiger partial charge in [-0.1, -0.05) is 12.5 Å². The van der Waals surface area contributed by atoms with Gasteiger partial charge in [-0.2, -0.15) is 0 Å². The maximum atomic E-state index is 11.8. The van der Waals surface area contributed by atoms with Crippen LogP contribution in [-0.2, 0) is 9.59 Å². The molecule has 1 aromatic rings. The molecule has 0 spiro atoms. The van der Waals surface area contributed by atoms with Crippen molar-refractivity contribution in [2.45, 2.75) is 39.5 Å². The highest BCUT2D eigenvalue weighted by atomic mass is 16.6. The van der Waals surface area contributed by atoms with E-state index in [4.69, 9.17) is 9.47 Å². The van der Waals surface area contributed by atoms with Gasteiger partial charge in [-0.25, -0.2) is 0 Å². The zero-order chi connectivity index (χ0) is 15.7. The fourth-order valence-electron chi connectivity index (χ4n) is 1.87. The molecule has 1 rings (SSSR count). The number of rotatable bonds is 8. The van der Waals surface area contributed by atoms with Crippen LogP contribution < -0.4 is 14.8 Å². The Morgan fingerprint density at radius 1 is 1.14 bits per heavy atom. The predicted octanol–water partition coefficient (Wildman–Crippen LogP) is 2.61. The highest BCUT2D eigenvalue weighted by molar-refractivity contribution is 5.73. The van der Waals surface area contributed by atoms with Crippen LogP contribution in [0.15, 0.2) is 18.2 Å². The lowest BCUT2D eigenvalue weighted by Gasteiger charge is -2.09. The van der Waals surface area contributed by atoms with Crippen LogP contribution in [0.2, 0.25) is 0 Å². The van der Waals surface area contributed by atoms with Gasteiger partial charge in [-0.3, -0.25) is 9.59 Å². The van der Waals surface area contributed by atoms with Crippen LogP contribution >= 0.6 is 0 Å². The molecule has 0 aliphatic heterocycles. The number of ether oxygens (including phenoxy) is 2. The molecule has 0 unspecified atom stereocenters. The summed E-state index contributed by atoms with van der Waals surface area (Å²) in [6.45, 7) is 4.09. The van der Waals surface area contributed by atoms with Crippen molar-refractivity contribution in [1.82, 2.24) is 5.32 Å². The number of amides is 1. The number of esters is 1. The molecule has 0 bridgehead atoms. The van der Waals surface area contributed by atoms with Crippen LogP contribution in [0.5, 0.6) is 11.5 Å². The fourth-order valence-corrected chi connectivity index (χ4v) is 1.87. The van der Waals surface area contributed by atoms with Crippen molar-refractivity contribution in [3.05, 3.63) is 23.8 Å². The molecule has 0 aliphatic carbocycles. The van der Waals surface area contributed by atoms with Gasteiger partial charge in [-0.15, -0.1) is 0 Å². The molecule has 0 atom stereocenters. The van der Waals surface area contributed by atoms with Crippen molar-refractivity contribution in [2.75, 3.05) is 13.7 Å². The minimum Gasteiger partial charge on any atom is -0.493 e. The molecule has 0 aliphatic rings. The van der Waals surface area contributed by atoms with Crippen LogP contribution in [0.3, 0.4) is 0 Å². The third-order valence-corrected chi connectivity index (χ3v) is 2.97. The Kier molecular flexibility index (Phi) is 7.29. The topological polar surface area (TPSA) is 64.6 Å². The Morgan fingerprint density at radius 2 is 1.90 bits per heavy atom. The number of benzene rings is 1. The van der Waals surface area contributed by atoms with E-state index in [2.05, 4.69) is 5.32 Å². The average molecular weight is 293 g/mol. The Hall–Kier alpha value is -2.04. The molecule has 1 amide bonds. The summed E-state index contributed by atoms with van der Waals surface area (Å²) in [4.78, 5) is 22.4. The minimum atomic E-state index is -0.267. The van der Waals surface area contributed by atoms with Crippen molar-refractivity contribution in [3.8, 4) is 11.5 Å². The Labute approximate surface area is 125 Å². The van der Waals surface area contributed by atoms with E-state index in [1.807, 2.05) is 19.1 Å². The van der Waals surface area contributed by atoms with Crippen LogP contribution in [-0.4, -0.2) is 25.5 Å². The molecule has 0 heterocycles. The van der Waals surface area contributed by atoms with Crippen LogP contribution in [0.4, 0.5) is 0 Å². The highest BCUT2D eigenvalue weighted by Crippen LogP contribution is 2.28.